The van der Waals surface area contributed by atoms with Gasteiger partial charge >= 0.3 is 5.97 Å². The average Bonchev–Trinajstić information content (AvgIpc) is 2.14. The molecule has 0 bridgehead atoms. The number of carbonyl (C=O) groups is 1. The Bertz CT molecular complexity index is 268. The van der Waals surface area contributed by atoms with Crippen molar-refractivity contribution in [1.29, 1.82) is 0 Å². The molecule has 0 aliphatic carbocycles. The van der Waals surface area contributed by atoms with E-state index in [4.69, 9.17) is 10.8 Å². The van der Waals surface area contributed by atoms with Crippen LogP contribution in [0.4, 0.5) is 0 Å². The molecule has 10 heteroatoms. The Labute approximate surface area is 89.9 Å². The smallest absolute Gasteiger partial charge is 0.339 e. The lowest BCUT2D eigenvalue weighted by Gasteiger charge is -2.11. The van der Waals surface area contributed by atoms with Crippen LogP contribution < -0.4 is 5.73 Å². The van der Waals surface area contributed by atoms with E-state index in [1.54, 1.807) is 0 Å². The van der Waals surface area contributed by atoms with Crippen molar-refractivity contribution >= 4 is 5.97 Å². The molecule has 16 heavy (non-hydrogen) atoms. The number of nitrogens with zero attached hydrogens (tertiary/aromatic N) is 3. The largest absolute Gasteiger partial charge is 0.479 e. The number of nitro groups is 2. The maximum absolute atomic E-state index is 10.7. The van der Waals surface area contributed by atoms with Crippen LogP contribution in [0.5, 0.6) is 0 Å². The van der Waals surface area contributed by atoms with Crippen molar-refractivity contribution < 1.29 is 20.0 Å². The van der Waals surface area contributed by atoms with E-state index in [0.29, 0.717) is 13.0 Å². The van der Waals surface area contributed by atoms with Crippen molar-refractivity contribution in [3.05, 3.63) is 20.2 Å². The Morgan fingerprint density at radius 2 is 1.81 bits per heavy atom. The van der Waals surface area contributed by atoms with E-state index in [1.807, 2.05) is 0 Å². The fraction of sp³-hybridized carbons (Fsp3) is 0.833. The van der Waals surface area contributed by atoms with Gasteiger partial charge in [-0.15, -0.1) is 0 Å². The normalized spacial score (nSPS) is 11.8. The number of rotatable bonds is 8. The summed E-state index contributed by atoms with van der Waals surface area (Å²) >= 11 is 0. The summed E-state index contributed by atoms with van der Waals surface area (Å²) in [6.45, 7) is 0.295. The van der Waals surface area contributed by atoms with Gasteiger partial charge in [0, 0.05) is 0 Å². The summed E-state index contributed by atoms with van der Waals surface area (Å²) < 4.78 is 0. The van der Waals surface area contributed by atoms with E-state index >= 15 is 0 Å². The van der Waals surface area contributed by atoms with Gasteiger partial charge in [0.05, 0.1) is 0 Å². The fourth-order valence-electron chi connectivity index (χ4n) is 1.11. The topological polar surface area (TPSA) is 153 Å². The Morgan fingerprint density at radius 3 is 2.12 bits per heavy atom. The van der Waals surface area contributed by atoms with Gasteiger partial charge in [-0.3, -0.25) is 0 Å². The predicted octanol–water partition coefficient (Wildman–Crippen LogP) is -0.746. The first kappa shape index (κ1) is 14.0. The van der Waals surface area contributed by atoms with E-state index in [0.717, 1.165) is 0 Å². The molecular formula is C6H12N4O6. The lowest BCUT2D eigenvalue weighted by molar-refractivity contribution is -0.912. The average molecular weight is 236 g/mol. The van der Waals surface area contributed by atoms with Gasteiger partial charge in [-0.1, -0.05) is 0 Å². The van der Waals surface area contributed by atoms with E-state index in [-0.39, 0.29) is 12.8 Å². The van der Waals surface area contributed by atoms with Gasteiger partial charge < -0.3 is 10.8 Å². The molecule has 0 aromatic rings. The molecule has 10 nitrogen and oxygen atoms in total. The highest BCUT2D eigenvalue weighted by Gasteiger charge is 2.42. The van der Waals surface area contributed by atoms with Crippen LogP contribution in [0.15, 0.2) is 0 Å². The molecule has 0 aliphatic heterocycles. The molecule has 0 saturated heterocycles. The minimum absolute atomic E-state index is 0.200. The molecule has 0 rings (SSSR count). The first-order chi connectivity index (χ1) is 7.41. The number of unbranched alkanes of at least 4 members (excludes halogenated alkanes) is 1. The summed E-state index contributed by atoms with van der Waals surface area (Å²) in [5.74, 6) is -1.61. The summed E-state index contributed by atoms with van der Waals surface area (Å²) in [6.07, 6.45) is 0.521. The zero-order valence-electron chi connectivity index (χ0n) is 8.31. The molecule has 0 aliphatic rings. The maximum atomic E-state index is 10.7. The highest BCUT2D eigenvalue weighted by Crippen LogP contribution is 2.09. The van der Waals surface area contributed by atoms with Crippen molar-refractivity contribution in [2.75, 3.05) is 6.54 Å². The number of carboxylic acids is 1. The number of hydrazine groups is 2. The highest BCUT2D eigenvalue weighted by molar-refractivity contribution is 5.72. The second-order valence-electron chi connectivity index (χ2n) is 2.93. The Morgan fingerprint density at radius 1 is 1.31 bits per heavy atom. The van der Waals surface area contributed by atoms with Gasteiger partial charge in [-0.05, 0) is 25.8 Å². The monoisotopic (exact) mass is 236 g/mol. The third-order valence-electron chi connectivity index (χ3n) is 1.83. The summed E-state index contributed by atoms with van der Waals surface area (Å²) in [7, 11) is 0. The van der Waals surface area contributed by atoms with Crippen LogP contribution in [0, 0.1) is 20.2 Å². The zero-order valence-corrected chi connectivity index (χ0v) is 8.31. The van der Waals surface area contributed by atoms with Gasteiger partial charge in [0.2, 0.25) is 10.1 Å². The van der Waals surface area contributed by atoms with Crippen molar-refractivity contribution in [2.24, 2.45) is 5.73 Å². The first-order valence-electron chi connectivity index (χ1n) is 4.42. The number of nitrogens with two attached hydrogens (primary N) is 1. The highest BCUT2D eigenvalue weighted by atomic mass is 16.8. The summed E-state index contributed by atoms with van der Waals surface area (Å²) in [4.78, 5) is 31.3. The van der Waals surface area contributed by atoms with Crippen LogP contribution in [0.25, 0.3) is 0 Å². The van der Waals surface area contributed by atoms with E-state index in [9.17, 15) is 25.0 Å². The Kier molecular flexibility index (Phi) is 5.70. The Balaban J connectivity index is 4.66. The molecule has 0 fully saturated rings. The summed E-state index contributed by atoms with van der Waals surface area (Å²) in [5.41, 5.74) is 5.16. The van der Waals surface area contributed by atoms with E-state index in [2.05, 4.69) is 0 Å². The molecule has 0 aromatic heterocycles. The van der Waals surface area contributed by atoms with E-state index in [1.165, 1.54) is 0 Å². The van der Waals surface area contributed by atoms with Gasteiger partial charge in [0.25, 0.3) is 6.04 Å². The summed E-state index contributed by atoms with van der Waals surface area (Å²) in [6, 6.07) is -1.78. The predicted molar refractivity (Wildman–Crippen MR) is 50.2 cm³/mol. The fourth-order valence-corrected chi connectivity index (χ4v) is 1.11. The molecular weight excluding hydrogens is 224 g/mol. The molecule has 0 radical (unpaired) electrons. The summed E-state index contributed by atoms with van der Waals surface area (Å²) in [5, 5.41) is 26.1. The molecule has 0 spiro atoms. The lowest BCUT2D eigenvalue weighted by atomic mass is 10.1. The zero-order chi connectivity index (χ0) is 12.7. The number of aliphatic carboxylic acids is 1. The molecule has 1 atom stereocenters. The second-order valence-corrected chi connectivity index (χ2v) is 2.93. The van der Waals surface area contributed by atoms with Gasteiger partial charge in [-0.2, -0.15) is 0 Å². The van der Waals surface area contributed by atoms with Crippen LogP contribution in [0.3, 0.4) is 0 Å². The first-order valence-corrected chi connectivity index (χ1v) is 4.42. The minimum Gasteiger partial charge on any atom is -0.479 e. The lowest BCUT2D eigenvalue weighted by Crippen LogP contribution is -2.48. The van der Waals surface area contributed by atoms with Crippen LogP contribution in [-0.2, 0) is 4.79 Å². The molecule has 0 saturated carbocycles. The van der Waals surface area contributed by atoms with Crippen LogP contribution in [0.2, 0.25) is 0 Å². The van der Waals surface area contributed by atoms with Crippen molar-refractivity contribution in [3.63, 3.8) is 0 Å². The quantitative estimate of drug-likeness (QED) is 0.317. The van der Waals surface area contributed by atoms with Crippen molar-refractivity contribution in [2.45, 2.75) is 25.3 Å². The maximum Gasteiger partial charge on any atom is 0.339 e. The van der Waals surface area contributed by atoms with Crippen LogP contribution in [-0.4, -0.2) is 38.8 Å². The molecule has 3 N–H and O–H groups in total. The molecule has 0 unspecified atom stereocenters. The van der Waals surface area contributed by atoms with Crippen molar-refractivity contribution in [1.82, 2.24) is 5.12 Å². The van der Waals surface area contributed by atoms with Gasteiger partial charge in [0.1, 0.15) is 0 Å². The van der Waals surface area contributed by atoms with Crippen LogP contribution >= 0.6 is 0 Å². The minimum atomic E-state index is -1.78. The molecule has 0 aromatic carbocycles. The second kappa shape index (κ2) is 6.50. The van der Waals surface area contributed by atoms with Crippen molar-refractivity contribution in [3.8, 4) is 0 Å². The SMILES string of the molecule is NCCCC[C@@H](C(=O)O)N([N+](=O)[O-])[N+](=O)[O-]. The number of carboxylic acid groups (broad SMARTS) is 1. The Hall–Kier alpha value is -1.97. The molecule has 0 amide bonds. The van der Waals surface area contributed by atoms with Crippen LogP contribution in [0.1, 0.15) is 19.3 Å². The van der Waals surface area contributed by atoms with E-state index < -0.39 is 27.2 Å². The molecule has 92 valence electrons. The standard InChI is InChI=1S/C6H12N4O6/c7-4-2-1-3-5(6(11)12)8(9(13)14)10(15)16/h5H,1-4,7H2,(H,11,12)/t5-/m0/s1. The number of hydrogen-bond donors (Lipinski definition) is 2. The van der Waals surface area contributed by atoms with Gasteiger partial charge in [0.15, 0.2) is 5.12 Å². The third-order valence-corrected chi connectivity index (χ3v) is 1.83. The third kappa shape index (κ3) is 4.04. The molecule has 0 heterocycles. The van der Waals surface area contributed by atoms with Gasteiger partial charge in [-0.25, -0.2) is 25.0 Å². The number of hydrogen-bond acceptors (Lipinski definition) is 6.